The van der Waals surface area contributed by atoms with Crippen molar-refractivity contribution in [1.82, 2.24) is 0 Å². The summed E-state index contributed by atoms with van der Waals surface area (Å²) in [5.41, 5.74) is 20.3. The van der Waals surface area contributed by atoms with Crippen molar-refractivity contribution in [1.29, 1.82) is 0 Å². The van der Waals surface area contributed by atoms with Crippen molar-refractivity contribution < 1.29 is 0 Å². The molecule has 0 saturated carbocycles. The lowest BCUT2D eigenvalue weighted by Gasteiger charge is -2.51. The van der Waals surface area contributed by atoms with Crippen LogP contribution in [0.1, 0.15) is 11.1 Å². The summed E-state index contributed by atoms with van der Waals surface area (Å²) in [6, 6.07) is 130. The summed E-state index contributed by atoms with van der Waals surface area (Å²) in [7, 11) is -5.63. The molecule has 4 aliphatic rings. The highest BCUT2D eigenvalue weighted by Gasteiger charge is 2.56. The Morgan fingerprint density at radius 1 is 0.234 bits per heavy atom. The lowest BCUT2D eigenvalue weighted by Crippen LogP contribution is -2.88. The number of rotatable bonds is 8. The van der Waals surface area contributed by atoms with E-state index in [1.165, 1.54) is 97.6 Å². The van der Waals surface area contributed by atoms with E-state index in [1.54, 1.807) is 0 Å². The van der Waals surface area contributed by atoms with Crippen molar-refractivity contribution in [3.63, 3.8) is 0 Å². The third-order valence-electron chi connectivity index (χ3n) is 19.7. The van der Waals surface area contributed by atoms with Crippen molar-refractivity contribution >= 4 is 161 Å². The van der Waals surface area contributed by atoms with Gasteiger partial charge in [-0.05, 0) is 192 Å². The zero-order chi connectivity index (χ0) is 62.9. The minimum Gasteiger partial charge on any atom is -0.311 e. The molecule has 0 fully saturated rings. The van der Waals surface area contributed by atoms with E-state index in [4.69, 9.17) is 11.6 Å². The number of aryl methyl sites for hydroxylation is 2. The van der Waals surface area contributed by atoms with Gasteiger partial charge in [-0.3, -0.25) is 0 Å². The number of fused-ring (bicyclic) bond motifs is 6. The Kier molecular flexibility index (Phi) is 14.1. The number of hydrogen-bond donors (Lipinski definition) is 0. The average Bonchev–Trinajstić information content (AvgIpc) is 0.665. The molecule has 0 radical (unpaired) electrons. The van der Waals surface area contributed by atoms with Crippen molar-refractivity contribution in [3.8, 4) is 0 Å². The fourth-order valence-corrected chi connectivity index (χ4v) is 26.5. The maximum Gasteiger partial charge on any atom is 0.251 e. The fraction of sp³-hybridized carbons (Fsp3) is 0.0233. The van der Waals surface area contributed by atoms with Gasteiger partial charge in [-0.2, -0.15) is 0 Å². The Labute approximate surface area is 558 Å². The number of hydrogen-bond acceptors (Lipinski definition) is 4. The SMILES string of the molecule is Cc1cc2c(Cl)c(c1)N(c1ccccc1)c1cccc(c1)[Si](c1ccccc1)(c1ccccc1)c1cccc(c1)N2c1ccccc1.Cc1cc2c3c(c1)N(c1ccccc1)c1cccc4c1B3c1c(cccc1[Si]4(c1ccccc1)c1ccccc1)N2c1ccccc1. The van der Waals surface area contributed by atoms with Crippen LogP contribution in [-0.2, 0) is 0 Å². The van der Waals surface area contributed by atoms with Crippen LogP contribution in [0.2, 0.25) is 5.02 Å². The molecule has 94 heavy (non-hydrogen) atoms. The van der Waals surface area contributed by atoms with Gasteiger partial charge < -0.3 is 19.6 Å². The molecule has 18 rings (SSSR count). The molecule has 14 aromatic carbocycles. The van der Waals surface area contributed by atoms with Crippen molar-refractivity contribution in [2.45, 2.75) is 13.8 Å². The standard InChI is InChI=1S/C43H31BN2Si.C43H33ClN2Si/c1-30-28-37-41-38(29-30)46(32-18-8-3-9-19-32)36-25-15-27-40-43(36)44(41)42-35(45(37)31-16-6-2-7-17-31)24-14-26-39(42)47(40,33-20-10-4-11-21-33)34-22-12-5-13-23-34;1-32-28-41-43(44)42(29-32)46(34-18-8-3-9-19-34)36-21-15-27-40(31-36)47(37-22-10-4-11-23-37,38-24-12-5-13-25-38)39-26-14-20-35(30-39)45(41)33-16-6-2-7-17-33/h2-29H,1H3;2-31H,1H3. The van der Waals surface area contributed by atoms with Crippen LogP contribution in [-0.4, -0.2) is 22.9 Å². The van der Waals surface area contributed by atoms with Gasteiger partial charge in [0.1, 0.15) is 0 Å². The Morgan fingerprint density at radius 3 is 0.862 bits per heavy atom. The molecule has 0 aromatic heterocycles. The first kappa shape index (κ1) is 57.0. The van der Waals surface area contributed by atoms with E-state index in [9.17, 15) is 0 Å². The highest BCUT2D eigenvalue weighted by Crippen LogP contribution is 2.49. The van der Waals surface area contributed by atoms with E-state index in [1.807, 2.05) is 0 Å². The van der Waals surface area contributed by atoms with Gasteiger partial charge in [0, 0.05) is 56.9 Å². The number of nitrogens with zero attached hydrogens (tertiary/aromatic N) is 4. The van der Waals surface area contributed by atoms with Crippen molar-refractivity contribution in [2.24, 2.45) is 0 Å². The van der Waals surface area contributed by atoms with Crippen LogP contribution < -0.4 is 77.5 Å². The quantitative estimate of drug-likeness (QED) is 0.141. The molecular formula is C86H64BClN4Si2. The molecule has 0 atom stereocenters. The lowest BCUT2D eigenvalue weighted by molar-refractivity contribution is 1.23. The van der Waals surface area contributed by atoms with Crippen LogP contribution >= 0.6 is 11.6 Å². The molecule has 4 aliphatic heterocycles. The highest BCUT2D eigenvalue weighted by molar-refractivity contribution is 7.27. The second-order valence-electron chi connectivity index (χ2n) is 25.0. The molecule has 0 saturated heterocycles. The van der Waals surface area contributed by atoms with Gasteiger partial charge in [0.25, 0.3) is 6.71 Å². The molecular weight excluding hydrogens is 1190 g/mol. The molecule has 6 bridgehead atoms. The minimum atomic E-state index is -2.85. The first-order valence-electron chi connectivity index (χ1n) is 32.5. The second kappa shape index (κ2) is 23.3. The van der Waals surface area contributed by atoms with E-state index in [-0.39, 0.29) is 6.71 Å². The number of benzene rings is 14. The van der Waals surface area contributed by atoms with E-state index >= 15 is 0 Å². The first-order chi connectivity index (χ1) is 46.4. The summed E-state index contributed by atoms with van der Waals surface area (Å²) < 4.78 is 0. The Hall–Kier alpha value is -10.9. The maximum atomic E-state index is 7.60. The Morgan fingerprint density at radius 2 is 0.511 bits per heavy atom. The van der Waals surface area contributed by atoms with Crippen LogP contribution in [0, 0.1) is 13.8 Å². The molecule has 446 valence electrons. The van der Waals surface area contributed by atoms with Gasteiger partial charge in [-0.1, -0.05) is 254 Å². The van der Waals surface area contributed by atoms with Gasteiger partial charge >= 0.3 is 0 Å². The smallest absolute Gasteiger partial charge is 0.251 e. The normalized spacial score (nSPS) is 14.0. The monoisotopic (exact) mass is 1250 g/mol. The van der Waals surface area contributed by atoms with E-state index in [2.05, 4.69) is 385 Å². The summed E-state index contributed by atoms with van der Waals surface area (Å²) >= 11 is 7.60. The summed E-state index contributed by atoms with van der Waals surface area (Å²) in [4.78, 5) is 9.71. The van der Waals surface area contributed by atoms with Gasteiger partial charge in [0.2, 0.25) is 0 Å². The number of halogens is 1. The third-order valence-corrected chi connectivity index (χ3v) is 29.7. The van der Waals surface area contributed by atoms with E-state index < -0.39 is 16.1 Å². The molecule has 4 nitrogen and oxygen atoms in total. The van der Waals surface area contributed by atoms with Gasteiger partial charge in [0.15, 0.2) is 16.1 Å². The molecule has 0 unspecified atom stereocenters. The van der Waals surface area contributed by atoms with Crippen LogP contribution in [0.5, 0.6) is 0 Å². The molecule has 0 N–H and O–H groups in total. The average molecular weight is 1260 g/mol. The largest absolute Gasteiger partial charge is 0.311 e. The predicted octanol–water partition coefficient (Wildman–Crippen LogP) is 15.0. The molecule has 0 spiro atoms. The lowest BCUT2D eigenvalue weighted by atomic mass is 9.33. The van der Waals surface area contributed by atoms with Crippen LogP contribution in [0.4, 0.5) is 68.2 Å². The van der Waals surface area contributed by atoms with Crippen molar-refractivity contribution in [2.75, 3.05) is 19.6 Å². The molecule has 14 aromatic rings. The molecule has 0 aliphatic carbocycles. The van der Waals surface area contributed by atoms with Gasteiger partial charge in [-0.15, -0.1) is 0 Å². The topological polar surface area (TPSA) is 13.0 Å². The highest BCUT2D eigenvalue weighted by atomic mass is 35.5. The maximum absolute atomic E-state index is 7.60. The Bertz CT molecular complexity index is 4830. The number of para-hydroxylation sites is 4. The first-order valence-corrected chi connectivity index (χ1v) is 36.8. The zero-order valence-electron chi connectivity index (χ0n) is 52.2. The summed E-state index contributed by atoms with van der Waals surface area (Å²) in [6.07, 6.45) is 0. The summed E-state index contributed by atoms with van der Waals surface area (Å²) in [5, 5.41) is 11.8. The zero-order valence-corrected chi connectivity index (χ0v) is 55.0. The third kappa shape index (κ3) is 8.94. The second-order valence-corrected chi connectivity index (χ2v) is 32.9. The molecule has 4 heterocycles. The van der Waals surface area contributed by atoms with Crippen LogP contribution in [0.15, 0.2) is 352 Å². The van der Waals surface area contributed by atoms with Crippen LogP contribution in [0.25, 0.3) is 0 Å². The predicted molar refractivity (Wildman–Crippen MR) is 405 cm³/mol. The minimum absolute atomic E-state index is 0.131. The van der Waals surface area contributed by atoms with E-state index in [0.29, 0.717) is 5.02 Å². The summed E-state index contributed by atoms with van der Waals surface area (Å²) in [6.45, 7) is 4.52. The Balaban J connectivity index is 0.000000143. The fourth-order valence-electron chi connectivity index (χ4n) is 16.1. The molecule has 8 heteroatoms. The number of anilines is 12. The van der Waals surface area contributed by atoms with Gasteiger partial charge in [0.05, 0.1) is 16.4 Å². The summed E-state index contributed by atoms with van der Waals surface area (Å²) in [5.74, 6) is 0. The van der Waals surface area contributed by atoms with Crippen molar-refractivity contribution in [3.05, 3.63) is 368 Å². The van der Waals surface area contributed by atoms with Crippen LogP contribution in [0.3, 0.4) is 0 Å². The van der Waals surface area contributed by atoms with E-state index in [0.717, 1.165) is 39.7 Å². The molecule has 0 amide bonds. The van der Waals surface area contributed by atoms with Gasteiger partial charge in [-0.25, -0.2) is 0 Å².